The molecule has 1 aliphatic rings. The number of halogens is 2. The average molecular weight is 703 g/mol. The molecule has 4 atom stereocenters. The number of methoxy groups -OCH3 is 1. The minimum atomic E-state index is -2.91. The number of carbonyl (C=O) groups excluding carboxylic acids is 2. The van der Waals surface area contributed by atoms with Gasteiger partial charge in [-0.2, -0.15) is 0 Å². The van der Waals surface area contributed by atoms with E-state index in [4.69, 9.17) is 32.4 Å². The van der Waals surface area contributed by atoms with Crippen LogP contribution < -0.4 is 10.4 Å². The fraction of sp³-hybridized carbons (Fsp3) is 0.350. The normalized spacial score (nSPS) is 19.2. The quantitative estimate of drug-likeness (QED) is 0.116. The monoisotopic (exact) mass is 701 g/mol. The summed E-state index contributed by atoms with van der Waals surface area (Å²) in [5.74, 6) is -1.18. The Bertz CT molecular complexity index is 1640. The van der Waals surface area contributed by atoms with Crippen molar-refractivity contribution in [1.29, 1.82) is 0 Å². The molecule has 1 saturated heterocycles. The van der Waals surface area contributed by atoms with E-state index in [1.165, 1.54) is 17.5 Å². The molecule has 0 N–H and O–H groups in total. The number of esters is 1. The third-order valence-electron chi connectivity index (χ3n) is 9.73. The lowest BCUT2D eigenvalue weighted by atomic mass is 9.74. The summed E-state index contributed by atoms with van der Waals surface area (Å²) in [6, 6.07) is 36.0. The van der Waals surface area contributed by atoms with Gasteiger partial charge in [-0.05, 0) is 63.6 Å². The maximum atomic E-state index is 14.8. The van der Waals surface area contributed by atoms with E-state index in [-0.39, 0.29) is 35.4 Å². The summed E-state index contributed by atoms with van der Waals surface area (Å²) in [5, 5.41) is 3.37. The van der Waals surface area contributed by atoms with Crippen LogP contribution in [0, 0.1) is 5.92 Å². The Labute approximate surface area is 296 Å². The van der Waals surface area contributed by atoms with Crippen LogP contribution in [0.3, 0.4) is 0 Å². The second kappa shape index (κ2) is 15.4. The first-order valence-electron chi connectivity index (χ1n) is 16.6. The zero-order valence-electron chi connectivity index (χ0n) is 28.4. The van der Waals surface area contributed by atoms with Gasteiger partial charge in [-0.15, -0.1) is 0 Å². The van der Waals surface area contributed by atoms with Crippen molar-refractivity contribution in [3.63, 3.8) is 0 Å². The summed E-state index contributed by atoms with van der Waals surface area (Å²) < 4.78 is 12.5. The first-order valence-corrected chi connectivity index (χ1v) is 19.3. The number of piperidine rings is 1. The molecule has 0 bridgehead atoms. The van der Waals surface area contributed by atoms with Crippen molar-refractivity contribution in [3.8, 4) is 0 Å². The first kappa shape index (κ1) is 35.9. The predicted molar refractivity (Wildman–Crippen MR) is 198 cm³/mol. The number of hydrogen-bond donors (Lipinski definition) is 0. The summed E-state index contributed by atoms with van der Waals surface area (Å²) in [6.45, 7) is 9.19. The Kier molecular flexibility index (Phi) is 11.5. The number of carbonyl (C=O) groups is 2. The van der Waals surface area contributed by atoms with E-state index >= 15 is 0 Å². The van der Waals surface area contributed by atoms with Crippen LogP contribution in [-0.2, 0) is 18.8 Å². The molecule has 1 heterocycles. The number of ether oxygens (including phenoxy) is 1. The van der Waals surface area contributed by atoms with Crippen molar-refractivity contribution in [2.75, 3.05) is 13.7 Å². The number of rotatable bonds is 11. The van der Waals surface area contributed by atoms with E-state index in [2.05, 4.69) is 82.3 Å². The summed E-state index contributed by atoms with van der Waals surface area (Å²) >= 11 is 12.9. The third-order valence-corrected chi connectivity index (χ3v) is 15.2. The van der Waals surface area contributed by atoms with Crippen LogP contribution in [0.1, 0.15) is 70.0 Å². The number of hydrogen-bond acceptors (Lipinski definition) is 4. The second-order valence-corrected chi connectivity index (χ2v) is 18.8. The van der Waals surface area contributed by atoms with E-state index in [1.807, 2.05) is 59.5 Å². The predicted octanol–water partition coefficient (Wildman–Crippen LogP) is 8.59. The highest BCUT2D eigenvalue weighted by molar-refractivity contribution is 6.99. The Balaban J connectivity index is 1.65. The summed E-state index contributed by atoms with van der Waals surface area (Å²) in [7, 11) is -1.54. The largest absolute Gasteiger partial charge is 0.469 e. The highest BCUT2D eigenvalue weighted by Crippen LogP contribution is 2.48. The van der Waals surface area contributed by atoms with E-state index in [0.29, 0.717) is 29.5 Å². The molecule has 8 heteroatoms. The van der Waals surface area contributed by atoms with Gasteiger partial charge in [0, 0.05) is 21.9 Å². The molecule has 0 spiro atoms. The highest BCUT2D eigenvalue weighted by atomic mass is 35.5. The van der Waals surface area contributed by atoms with Crippen molar-refractivity contribution in [1.82, 2.24) is 4.90 Å². The number of likely N-dealkylation sites (tertiary alicyclic amines) is 1. The van der Waals surface area contributed by atoms with Crippen LogP contribution in [0.4, 0.5) is 0 Å². The number of benzene rings is 4. The fourth-order valence-corrected chi connectivity index (χ4v) is 12.3. The number of amides is 1. The minimum absolute atomic E-state index is 0.00222. The molecule has 5 nitrogen and oxygen atoms in total. The zero-order chi connectivity index (χ0) is 34.5. The Hall–Kier alpha value is -3.42. The Morgan fingerprint density at radius 3 is 1.98 bits per heavy atom. The topological polar surface area (TPSA) is 55.8 Å². The third kappa shape index (κ3) is 7.42. The van der Waals surface area contributed by atoms with E-state index in [1.54, 1.807) is 0 Å². The molecule has 1 amide bonds. The van der Waals surface area contributed by atoms with Crippen LogP contribution >= 0.6 is 23.2 Å². The average Bonchev–Trinajstić information content (AvgIpc) is 3.08. The molecule has 0 aromatic heterocycles. The van der Waals surface area contributed by atoms with E-state index in [0.717, 1.165) is 11.1 Å². The standard InChI is InChI=1S/C40H45Cl2NO4Si/c1-6-33(27-47-48(40(2,3)4,34-16-9-7-10-17-34)35-18-11-8-12-19-35)43-38(28-20-22-31(41)23-21-28)36(29-14-13-15-32(42)24-29)25-30(39(43)45)26-37(44)46-5/h7-24,30,33,36,38H,6,25-27H2,1-5H3/t30?,33?,36-,38-/m1/s1. The van der Waals surface area contributed by atoms with Gasteiger partial charge < -0.3 is 14.1 Å². The summed E-state index contributed by atoms with van der Waals surface area (Å²) in [5.41, 5.74) is 1.98. The van der Waals surface area contributed by atoms with Crippen LogP contribution in [0.15, 0.2) is 109 Å². The Morgan fingerprint density at radius 2 is 1.46 bits per heavy atom. The van der Waals surface area contributed by atoms with Gasteiger partial charge >= 0.3 is 5.97 Å². The van der Waals surface area contributed by atoms with Gasteiger partial charge in [-0.25, -0.2) is 0 Å². The first-order chi connectivity index (χ1) is 23.0. The van der Waals surface area contributed by atoms with Gasteiger partial charge in [-0.3, -0.25) is 9.59 Å². The van der Waals surface area contributed by atoms with Crippen molar-refractivity contribution in [2.45, 2.75) is 70.0 Å². The van der Waals surface area contributed by atoms with Gasteiger partial charge in [0.15, 0.2) is 0 Å². The van der Waals surface area contributed by atoms with Gasteiger partial charge in [0.2, 0.25) is 5.91 Å². The minimum Gasteiger partial charge on any atom is -0.469 e. The van der Waals surface area contributed by atoms with Crippen LogP contribution in [0.5, 0.6) is 0 Å². The molecule has 1 aliphatic heterocycles. The van der Waals surface area contributed by atoms with Crippen LogP contribution in [-0.4, -0.2) is 44.9 Å². The van der Waals surface area contributed by atoms with Gasteiger partial charge in [0.25, 0.3) is 8.32 Å². The maximum absolute atomic E-state index is 14.8. The lowest BCUT2D eigenvalue weighted by molar-refractivity contribution is -0.154. The maximum Gasteiger partial charge on any atom is 0.306 e. The smallest absolute Gasteiger partial charge is 0.306 e. The molecule has 252 valence electrons. The van der Waals surface area contributed by atoms with Gasteiger partial charge in [0.05, 0.1) is 32.2 Å². The molecule has 4 aromatic rings. The van der Waals surface area contributed by atoms with Crippen LogP contribution in [0.25, 0.3) is 0 Å². The molecule has 48 heavy (non-hydrogen) atoms. The molecule has 2 unspecified atom stereocenters. The second-order valence-electron chi connectivity index (χ2n) is 13.7. The van der Waals surface area contributed by atoms with Crippen molar-refractivity contribution in [3.05, 3.63) is 130 Å². The molecular formula is C40H45Cl2NO4Si. The van der Waals surface area contributed by atoms with Crippen molar-refractivity contribution in [2.24, 2.45) is 5.92 Å². The lowest BCUT2D eigenvalue weighted by Crippen LogP contribution is -2.67. The lowest BCUT2D eigenvalue weighted by Gasteiger charge is -2.50. The Morgan fingerprint density at radius 1 is 0.854 bits per heavy atom. The molecule has 0 radical (unpaired) electrons. The van der Waals surface area contributed by atoms with Crippen LogP contribution in [0.2, 0.25) is 15.1 Å². The van der Waals surface area contributed by atoms with E-state index in [9.17, 15) is 9.59 Å². The molecule has 0 saturated carbocycles. The van der Waals surface area contributed by atoms with Crippen molar-refractivity contribution < 1.29 is 18.8 Å². The molecular weight excluding hydrogens is 657 g/mol. The van der Waals surface area contributed by atoms with Crippen molar-refractivity contribution >= 4 is 53.8 Å². The summed E-state index contributed by atoms with van der Waals surface area (Å²) in [4.78, 5) is 29.4. The summed E-state index contributed by atoms with van der Waals surface area (Å²) in [6.07, 6.45) is 1.13. The molecule has 0 aliphatic carbocycles. The fourth-order valence-electron chi connectivity index (χ4n) is 7.43. The molecule has 5 rings (SSSR count). The number of nitrogens with zero attached hydrogens (tertiary/aromatic N) is 1. The van der Waals surface area contributed by atoms with Gasteiger partial charge in [0.1, 0.15) is 0 Å². The zero-order valence-corrected chi connectivity index (χ0v) is 30.9. The highest BCUT2D eigenvalue weighted by Gasteiger charge is 2.52. The molecule has 1 fully saturated rings. The SMILES string of the molecule is CCC(CO[Si](c1ccccc1)(c1ccccc1)C(C)(C)C)N1C(=O)C(CC(=O)OC)C[C@H](c2cccc(Cl)c2)[C@H]1c1ccc(Cl)cc1. The molecule has 4 aromatic carbocycles. The van der Waals surface area contributed by atoms with E-state index < -0.39 is 20.2 Å². The van der Waals surface area contributed by atoms with Gasteiger partial charge in [-0.1, -0.05) is 136 Å².